The van der Waals surface area contributed by atoms with E-state index in [1.54, 1.807) is 0 Å². The highest BCUT2D eigenvalue weighted by atomic mass is 16.6. The van der Waals surface area contributed by atoms with E-state index in [1.807, 2.05) is 0 Å². The molecule has 0 aliphatic heterocycles. The highest BCUT2D eigenvalue weighted by molar-refractivity contribution is 5.71. The number of esters is 3. The molecule has 0 spiro atoms. The van der Waals surface area contributed by atoms with Crippen LogP contribution in [-0.4, -0.2) is 37.2 Å². The first-order chi connectivity index (χ1) is 24.2. The predicted octanol–water partition coefficient (Wildman–Crippen LogP) is 13.4. The molecule has 6 heteroatoms. The van der Waals surface area contributed by atoms with E-state index in [4.69, 9.17) is 14.2 Å². The van der Waals surface area contributed by atoms with Crippen LogP contribution in [-0.2, 0) is 28.6 Å². The van der Waals surface area contributed by atoms with Crippen LogP contribution in [0, 0.1) is 11.8 Å². The second kappa shape index (κ2) is 37.2. The Balaban J connectivity index is 4.34. The first kappa shape index (κ1) is 48.4. The Morgan fingerprint density at radius 2 is 0.660 bits per heavy atom. The SMILES string of the molecule is CCCCCCCCCCCC(=O)OC[C@H](COC(=O)CCCCCCCCCC(C)C)OC(=O)CCCCCCCCCCCCC(C)C. The Kier molecular flexibility index (Phi) is 36.0. The van der Waals surface area contributed by atoms with Gasteiger partial charge in [0.05, 0.1) is 0 Å². The third-order valence-electron chi connectivity index (χ3n) is 9.72. The summed E-state index contributed by atoms with van der Waals surface area (Å²) in [7, 11) is 0. The van der Waals surface area contributed by atoms with Gasteiger partial charge >= 0.3 is 17.9 Å². The minimum absolute atomic E-state index is 0.0659. The highest BCUT2D eigenvalue weighted by Gasteiger charge is 2.19. The molecular weight excluding hydrogens is 624 g/mol. The summed E-state index contributed by atoms with van der Waals surface area (Å²) >= 11 is 0. The van der Waals surface area contributed by atoms with Crippen LogP contribution in [0.15, 0.2) is 0 Å². The van der Waals surface area contributed by atoms with Crippen molar-refractivity contribution in [3.8, 4) is 0 Å². The van der Waals surface area contributed by atoms with Crippen molar-refractivity contribution in [1.82, 2.24) is 0 Å². The third kappa shape index (κ3) is 37.7. The van der Waals surface area contributed by atoms with Crippen molar-refractivity contribution >= 4 is 17.9 Å². The number of rotatable bonds is 38. The van der Waals surface area contributed by atoms with E-state index in [0.717, 1.165) is 69.6 Å². The van der Waals surface area contributed by atoms with Crippen LogP contribution in [0.2, 0.25) is 0 Å². The van der Waals surface area contributed by atoms with E-state index in [-0.39, 0.29) is 31.1 Å². The molecule has 6 nitrogen and oxygen atoms in total. The van der Waals surface area contributed by atoms with Crippen LogP contribution in [0.5, 0.6) is 0 Å². The lowest BCUT2D eigenvalue weighted by Crippen LogP contribution is -2.30. The lowest BCUT2D eigenvalue weighted by molar-refractivity contribution is -0.167. The van der Waals surface area contributed by atoms with Crippen LogP contribution >= 0.6 is 0 Å². The molecule has 50 heavy (non-hydrogen) atoms. The minimum Gasteiger partial charge on any atom is -0.462 e. The van der Waals surface area contributed by atoms with Crippen molar-refractivity contribution in [2.75, 3.05) is 13.2 Å². The fraction of sp³-hybridized carbons (Fsp3) is 0.932. The van der Waals surface area contributed by atoms with Crippen LogP contribution < -0.4 is 0 Å². The predicted molar refractivity (Wildman–Crippen MR) is 210 cm³/mol. The van der Waals surface area contributed by atoms with Gasteiger partial charge in [-0.15, -0.1) is 0 Å². The number of carbonyl (C=O) groups excluding carboxylic acids is 3. The van der Waals surface area contributed by atoms with Gasteiger partial charge in [-0.2, -0.15) is 0 Å². The van der Waals surface area contributed by atoms with E-state index < -0.39 is 6.10 Å². The van der Waals surface area contributed by atoms with Crippen molar-refractivity contribution in [3.63, 3.8) is 0 Å². The van der Waals surface area contributed by atoms with E-state index in [0.29, 0.717) is 19.3 Å². The van der Waals surface area contributed by atoms with Gasteiger partial charge in [0.1, 0.15) is 13.2 Å². The molecule has 0 saturated heterocycles. The molecule has 0 rings (SSSR count). The topological polar surface area (TPSA) is 78.9 Å². The van der Waals surface area contributed by atoms with Gasteiger partial charge < -0.3 is 14.2 Å². The Morgan fingerprint density at radius 1 is 0.380 bits per heavy atom. The van der Waals surface area contributed by atoms with Gasteiger partial charge in [-0.25, -0.2) is 0 Å². The first-order valence-corrected chi connectivity index (χ1v) is 21.7. The van der Waals surface area contributed by atoms with Crippen LogP contribution in [0.25, 0.3) is 0 Å². The number of carbonyl (C=O) groups is 3. The van der Waals surface area contributed by atoms with Gasteiger partial charge in [0.2, 0.25) is 0 Å². The quantitative estimate of drug-likeness (QED) is 0.0361. The summed E-state index contributed by atoms with van der Waals surface area (Å²) in [5.74, 6) is 0.732. The smallest absolute Gasteiger partial charge is 0.306 e. The summed E-state index contributed by atoms with van der Waals surface area (Å²) < 4.78 is 16.7. The molecule has 0 saturated carbocycles. The minimum atomic E-state index is -0.759. The van der Waals surface area contributed by atoms with Gasteiger partial charge in [-0.05, 0) is 31.1 Å². The second-order valence-corrected chi connectivity index (χ2v) is 15.9. The van der Waals surface area contributed by atoms with Crippen molar-refractivity contribution < 1.29 is 28.6 Å². The maximum absolute atomic E-state index is 12.7. The zero-order valence-electron chi connectivity index (χ0n) is 34.0. The molecule has 0 heterocycles. The molecule has 0 fully saturated rings. The zero-order valence-corrected chi connectivity index (χ0v) is 34.0. The van der Waals surface area contributed by atoms with E-state index >= 15 is 0 Å². The average molecular weight is 709 g/mol. The average Bonchev–Trinajstić information content (AvgIpc) is 3.08. The van der Waals surface area contributed by atoms with E-state index in [9.17, 15) is 14.4 Å². The Morgan fingerprint density at radius 3 is 0.980 bits per heavy atom. The largest absolute Gasteiger partial charge is 0.462 e. The third-order valence-corrected chi connectivity index (χ3v) is 9.72. The Labute approximate surface area is 310 Å². The lowest BCUT2D eigenvalue weighted by atomic mass is 10.0. The summed E-state index contributed by atoms with van der Waals surface area (Å²) in [6, 6.07) is 0. The summed E-state index contributed by atoms with van der Waals surface area (Å²) in [5.41, 5.74) is 0. The highest BCUT2D eigenvalue weighted by Crippen LogP contribution is 2.16. The fourth-order valence-corrected chi connectivity index (χ4v) is 6.40. The van der Waals surface area contributed by atoms with Crippen molar-refractivity contribution in [3.05, 3.63) is 0 Å². The molecular formula is C44H84O6. The van der Waals surface area contributed by atoms with Crippen molar-refractivity contribution in [1.29, 1.82) is 0 Å². The zero-order chi connectivity index (χ0) is 36.9. The summed E-state index contributed by atoms with van der Waals surface area (Å²) in [5, 5.41) is 0. The summed E-state index contributed by atoms with van der Waals surface area (Å²) in [6.07, 6.45) is 33.8. The number of hydrogen-bond donors (Lipinski definition) is 0. The molecule has 0 unspecified atom stereocenters. The maximum atomic E-state index is 12.7. The second-order valence-electron chi connectivity index (χ2n) is 15.9. The Hall–Kier alpha value is -1.59. The monoisotopic (exact) mass is 709 g/mol. The molecule has 0 aromatic heterocycles. The van der Waals surface area contributed by atoms with Crippen LogP contribution in [0.1, 0.15) is 234 Å². The van der Waals surface area contributed by atoms with Crippen molar-refractivity contribution in [2.45, 2.75) is 240 Å². The molecule has 0 radical (unpaired) electrons. The fourth-order valence-electron chi connectivity index (χ4n) is 6.40. The van der Waals surface area contributed by atoms with Gasteiger partial charge in [0.15, 0.2) is 6.10 Å². The molecule has 0 aromatic carbocycles. The van der Waals surface area contributed by atoms with E-state index in [1.165, 1.54) is 122 Å². The molecule has 0 aliphatic carbocycles. The summed E-state index contributed by atoms with van der Waals surface area (Å²) in [6.45, 7) is 11.2. The lowest BCUT2D eigenvalue weighted by Gasteiger charge is -2.18. The van der Waals surface area contributed by atoms with Gasteiger partial charge in [0.25, 0.3) is 0 Å². The summed E-state index contributed by atoms with van der Waals surface area (Å²) in [4.78, 5) is 37.6. The van der Waals surface area contributed by atoms with E-state index in [2.05, 4.69) is 34.6 Å². The molecule has 0 amide bonds. The number of hydrogen-bond acceptors (Lipinski definition) is 6. The first-order valence-electron chi connectivity index (χ1n) is 21.7. The molecule has 0 N–H and O–H groups in total. The van der Waals surface area contributed by atoms with Gasteiger partial charge in [-0.1, -0.05) is 195 Å². The molecule has 1 atom stereocenters. The number of unbranched alkanes of at least 4 members (excludes halogenated alkanes) is 23. The van der Waals surface area contributed by atoms with Crippen LogP contribution in [0.3, 0.4) is 0 Å². The molecule has 296 valence electrons. The standard InChI is InChI=1S/C44H84O6/c1-6-7-8-9-10-13-19-24-29-34-42(45)48-37-41(38-49-43(46)35-30-25-21-16-18-23-28-33-40(4)5)50-44(47)36-31-26-20-15-12-11-14-17-22-27-32-39(2)3/h39-41H,6-38H2,1-5H3/t41-/m1/s1. The molecule has 0 aliphatic rings. The molecule has 0 aromatic rings. The normalized spacial score (nSPS) is 12.1. The maximum Gasteiger partial charge on any atom is 0.306 e. The Bertz CT molecular complexity index is 764. The van der Waals surface area contributed by atoms with Crippen molar-refractivity contribution in [2.24, 2.45) is 11.8 Å². The van der Waals surface area contributed by atoms with Gasteiger partial charge in [0, 0.05) is 19.3 Å². The molecule has 0 bridgehead atoms. The van der Waals surface area contributed by atoms with Gasteiger partial charge in [-0.3, -0.25) is 14.4 Å². The van der Waals surface area contributed by atoms with Crippen LogP contribution in [0.4, 0.5) is 0 Å². The number of ether oxygens (including phenoxy) is 3.